The summed E-state index contributed by atoms with van der Waals surface area (Å²) in [6, 6.07) is 13.8. The van der Waals surface area contributed by atoms with Crippen molar-refractivity contribution in [3.8, 4) is 5.75 Å². The Balaban J connectivity index is 1.59. The van der Waals surface area contributed by atoms with Crippen molar-refractivity contribution in [1.82, 2.24) is 10.3 Å². The molecular formula is C25H25ClN4O5S. The van der Waals surface area contributed by atoms with E-state index in [-0.39, 0.29) is 33.6 Å². The summed E-state index contributed by atoms with van der Waals surface area (Å²) in [7, 11) is -3.51. The van der Waals surface area contributed by atoms with Gasteiger partial charge in [-0.25, -0.2) is 13.4 Å². The second kappa shape index (κ2) is 11.1. The minimum absolute atomic E-state index is 0.0539. The van der Waals surface area contributed by atoms with Gasteiger partial charge in [0.05, 0.1) is 26.7 Å². The number of amides is 2. The number of benzene rings is 2. The molecule has 0 saturated carbocycles. The van der Waals surface area contributed by atoms with E-state index in [1.807, 2.05) is 0 Å². The molecule has 0 unspecified atom stereocenters. The molecule has 0 aliphatic carbocycles. The number of anilines is 2. The maximum absolute atomic E-state index is 13.3. The molecule has 0 bridgehead atoms. The second-order valence-corrected chi connectivity index (χ2v) is 10.8. The molecule has 1 saturated heterocycles. The molecule has 2 heterocycles. The second-order valence-electron chi connectivity index (χ2n) is 8.31. The summed E-state index contributed by atoms with van der Waals surface area (Å²) in [5, 5.41) is 9.10. The number of hydrogen-bond donors (Lipinski definition) is 3. The molecule has 1 aliphatic heterocycles. The largest absolute Gasteiger partial charge is 0.489 e. The minimum atomic E-state index is -3.51. The fourth-order valence-corrected chi connectivity index (χ4v) is 4.47. The van der Waals surface area contributed by atoms with E-state index in [4.69, 9.17) is 16.3 Å². The predicted octanol–water partition coefficient (Wildman–Crippen LogP) is 3.77. The van der Waals surface area contributed by atoms with Gasteiger partial charge in [-0.2, -0.15) is 0 Å². The highest BCUT2D eigenvalue weighted by Gasteiger charge is 2.23. The predicted molar refractivity (Wildman–Crippen MR) is 138 cm³/mol. The summed E-state index contributed by atoms with van der Waals surface area (Å²) in [5.41, 5.74) is 0.653. The number of carbonyl (C=O) groups is 2. The van der Waals surface area contributed by atoms with Gasteiger partial charge >= 0.3 is 0 Å². The normalized spacial score (nSPS) is 14.2. The van der Waals surface area contributed by atoms with Crippen LogP contribution in [-0.2, 0) is 9.84 Å². The number of rotatable bonds is 7. The van der Waals surface area contributed by atoms with Gasteiger partial charge in [-0.1, -0.05) is 23.7 Å². The number of nitrogens with zero attached hydrogens (tertiary/aromatic N) is 1. The number of hydrogen-bond acceptors (Lipinski definition) is 7. The molecule has 1 aromatic heterocycles. The molecule has 1 fully saturated rings. The molecule has 4 rings (SSSR count). The minimum Gasteiger partial charge on any atom is -0.489 e. The third-order valence-corrected chi connectivity index (χ3v) is 6.93. The number of carbonyl (C=O) groups excluding carboxylic acids is 2. The van der Waals surface area contributed by atoms with E-state index in [1.165, 1.54) is 24.4 Å². The molecule has 3 aromatic rings. The number of piperidine rings is 1. The monoisotopic (exact) mass is 528 g/mol. The average molecular weight is 529 g/mol. The Morgan fingerprint density at radius 3 is 2.42 bits per heavy atom. The van der Waals surface area contributed by atoms with E-state index in [0.29, 0.717) is 10.8 Å². The van der Waals surface area contributed by atoms with E-state index >= 15 is 0 Å². The topological polar surface area (TPSA) is 126 Å². The van der Waals surface area contributed by atoms with Crippen LogP contribution in [0.2, 0.25) is 5.02 Å². The summed E-state index contributed by atoms with van der Waals surface area (Å²) < 4.78 is 30.3. The van der Waals surface area contributed by atoms with Crippen molar-refractivity contribution in [2.75, 3.05) is 30.0 Å². The van der Waals surface area contributed by atoms with Gasteiger partial charge in [0.15, 0.2) is 9.84 Å². The molecule has 0 atom stereocenters. The molecular weight excluding hydrogens is 504 g/mol. The lowest BCUT2D eigenvalue weighted by molar-refractivity contribution is 0.101. The Morgan fingerprint density at radius 2 is 1.72 bits per heavy atom. The highest BCUT2D eigenvalue weighted by atomic mass is 35.5. The zero-order chi connectivity index (χ0) is 25.7. The number of sulfone groups is 1. The molecule has 0 spiro atoms. The molecule has 3 N–H and O–H groups in total. The van der Waals surface area contributed by atoms with Crippen LogP contribution in [0.5, 0.6) is 5.75 Å². The number of halogens is 1. The molecule has 2 amide bonds. The van der Waals surface area contributed by atoms with Crippen molar-refractivity contribution in [1.29, 1.82) is 0 Å². The zero-order valence-electron chi connectivity index (χ0n) is 19.5. The van der Waals surface area contributed by atoms with Crippen LogP contribution in [0.3, 0.4) is 0 Å². The van der Waals surface area contributed by atoms with Gasteiger partial charge in [-0.3, -0.25) is 9.59 Å². The fourth-order valence-electron chi connectivity index (χ4n) is 3.72. The first-order valence-corrected chi connectivity index (χ1v) is 13.5. The lowest BCUT2D eigenvalue weighted by Gasteiger charge is -2.25. The van der Waals surface area contributed by atoms with Crippen LogP contribution in [0.1, 0.15) is 33.6 Å². The average Bonchev–Trinajstić information content (AvgIpc) is 2.85. The van der Waals surface area contributed by atoms with Crippen molar-refractivity contribution >= 4 is 44.8 Å². The Kier molecular flexibility index (Phi) is 7.88. The third kappa shape index (κ3) is 6.39. The van der Waals surface area contributed by atoms with E-state index in [1.54, 1.807) is 36.4 Å². The molecule has 1 aliphatic rings. The highest BCUT2D eigenvalue weighted by molar-refractivity contribution is 7.90. The standard InChI is InChI=1S/C25H25ClN4O5S/c1-36(33,34)18-7-8-20(22(14-18)35-17-10-12-27-13-11-17)25(32)29-21-5-3-2-4-19(21)24(31)30-23-9-6-16(26)15-28-23/h2-9,14-15,17,27H,10-13H2,1H3,(H,29,32)(H,28,30,31). The Morgan fingerprint density at radius 1 is 1.00 bits per heavy atom. The SMILES string of the molecule is CS(=O)(=O)c1ccc(C(=O)Nc2ccccc2C(=O)Nc2ccc(Cl)cn2)c(OC2CCNCC2)c1. The smallest absolute Gasteiger partial charge is 0.259 e. The van der Waals surface area contributed by atoms with Crippen LogP contribution in [0.25, 0.3) is 0 Å². The summed E-state index contributed by atoms with van der Waals surface area (Å²) in [5.74, 6) is -0.530. The molecule has 0 radical (unpaired) electrons. The molecule has 36 heavy (non-hydrogen) atoms. The van der Waals surface area contributed by atoms with Crippen LogP contribution in [0, 0.1) is 0 Å². The van der Waals surface area contributed by atoms with Crippen molar-refractivity contribution in [2.24, 2.45) is 0 Å². The number of pyridine rings is 1. The van der Waals surface area contributed by atoms with E-state index in [9.17, 15) is 18.0 Å². The first-order chi connectivity index (χ1) is 17.2. The molecule has 9 nitrogen and oxygen atoms in total. The fraction of sp³-hybridized carbons (Fsp3) is 0.240. The van der Waals surface area contributed by atoms with Gasteiger partial charge in [0.1, 0.15) is 17.7 Å². The van der Waals surface area contributed by atoms with Crippen molar-refractivity contribution in [3.05, 3.63) is 76.9 Å². The summed E-state index contributed by atoms with van der Waals surface area (Å²) >= 11 is 5.85. The van der Waals surface area contributed by atoms with Gasteiger partial charge in [0, 0.05) is 12.5 Å². The Labute approximate surface area is 214 Å². The van der Waals surface area contributed by atoms with E-state index in [0.717, 1.165) is 32.2 Å². The molecule has 188 valence electrons. The maximum atomic E-state index is 13.3. The molecule has 11 heteroatoms. The number of para-hydroxylation sites is 1. The van der Waals surface area contributed by atoms with Gasteiger partial charge in [-0.15, -0.1) is 0 Å². The lowest BCUT2D eigenvalue weighted by Crippen LogP contribution is -2.34. The van der Waals surface area contributed by atoms with Crippen LogP contribution < -0.4 is 20.7 Å². The third-order valence-electron chi connectivity index (χ3n) is 5.59. The maximum Gasteiger partial charge on any atom is 0.259 e. The summed E-state index contributed by atoms with van der Waals surface area (Å²) in [6.45, 7) is 1.53. The number of nitrogens with one attached hydrogen (secondary N) is 3. The van der Waals surface area contributed by atoms with Gasteiger partial charge in [0.25, 0.3) is 11.8 Å². The zero-order valence-corrected chi connectivity index (χ0v) is 21.0. The summed E-state index contributed by atoms with van der Waals surface area (Å²) in [4.78, 5) is 30.3. The molecule has 2 aromatic carbocycles. The van der Waals surface area contributed by atoms with Crippen LogP contribution in [0.4, 0.5) is 11.5 Å². The first kappa shape index (κ1) is 25.6. The highest BCUT2D eigenvalue weighted by Crippen LogP contribution is 2.28. The summed E-state index contributed by atoms with van der Waals surface area (Å²) in [6.07, 6.45) is 3.81. The van der Waals surface area contributed by atoms with Crippen LogP contribution in [0.15, 0.2) is 65.7 Å². The Hall–Kier alpha value is -3.47. The lowest BCUT2D eigenvalue weighted by atomic mass is 10.1. The van der Waals surface area contributed by atoms with Gasteiger partial charge in [-0.05, 0) is 68.4 Å². The number of aromatic nitrogens is 1. The van der Waals surface area contributed by atoms with E-state index < -0.39 is 21.7 Å². The van der Waals surface area contributed by atoms with Gasteiger partial charge < -0.3 is 20.7 Å². The first-order valence-electron chi connectivity index (χ1n) is 11.3. The Bertz CT molecular complexity index is 1370. The van der Waals surface area contributed by atoms with E-state index in [2.05, 4.69) is 20.9 Å². The van der Waals surface area contributed by atoms with Crippen molar-refractivity contribution < 1.29 is 22.7 Å². The van der Waals surface area contributed by atoms with Crippen LogP contribution >= 0.6 is 11.6 Å². The van der Waals surface area contributed by atoms with Crippen molar-refractivity contribution in [3.63, 3.8) is 0 Å². The van der Waals surface area contributed by atoms with Crippen LogP contribution in [-0.4, -0.2) is 50.7 Å². The quantitative estimate of drug-likeness (QED) is 0.426. The van der Waals surface area contributed by atoms with Crippen molar-refractivity contribution in [2.45, 2.75) is 23.8 Å². The van der Waals surface area contributed by atoms with Gasteiger partial charge in [0.2, 0.25) is 0 Å². The number of ether oxygens (including phenoxy) is 1.